The predicted molar refractivity (Wildman–Crippen MR) is 93.8 cm³/mol. The summed E-state index contributed by atoms with van der Waals surface area (Å²) in [6, 6.07) is 8.52. The Bertz CT molecular complexity index is 516. The first-order valence-corrected chi connectivity index (χ1v) is 8.34. The van der Waals surface area contributed by atoms with Gasteiger partial charge in [0, 0.05) is 12.5 Å². The van der Waals surface area contributed by atoms with Crippen LogP contribution in [0.4, 0.5) is 0 Å². The zero-order chi connectivity index (χ0) is 15.5. The maximum absolute atomic E-state index is 12.5. The number of carbonyl (C=O) groups is 1. The van der Waals surface area contributed by atoms with Gasteiger partial charge in [0.1, 0.15) is 6.10 Å². The van der Waals surface area contributed by atoms with E-state index in [2.05, 4.69) is 41.8 Å². The number of aryl methyl sites for hydroxylation is 1. The molecule has 5 heteroatoms. The van der Waals surface area contributed by atoms with Crippen molar-refractivity contribution in [1.29, 1.82) is 0 Å². The Kier molecular flexibility index (Phi) is 6.45. The van der Waals surface area contributed by atoms with E-state index in [0.717, 1.165) is 38.1 Å². The second-order valence-electron chi connectivity index (χ2n) is 6.67. The smallest absolute Gasteiger partial charge is 0.223 e. The molecule has 0 radical (unpaired) electrons. The molecule has 2 aliphatic heterocycles. The summed E-state index contributed by atoms with van der Waals surface area (Å²) in [6.07, 6.45) is 1.97. The lowest BCUT2D eigenvalue weighted by Crippen LogP contribution is -2.52. The third-order valence-electron chi connectivity index (χ3n) is 4.99. The van der Waals surface area contributed by atoms with Gasteiger partial charge in [0.05, 0.1) is 6.04 Å². The topological polar surface area (TPSA) is 50.4 Å². The van der Waals surface area contributed by atoms with Crippen molar-refractivity contribution in [2.45, 2.75) is 38.8 Å². The van der Waals surface area contributed by atoms with Gasteiger partial charge >= 0.3 is 0 Å². The lowest BCUT2D eigenvalue weighted by atomic mass is 9.87. The highest BCUT2D eigenvalue weighted by Crippen LogP contribution is 2.29. The van der Waals surface area contributed by atoms with E-state index in [0.29, 0.717) is 5.92 Å². The summed E-state index contributed by atoms with van der Waals surface area (Å²) in [5.41, 5.74) is 2.40. The molecule has 3 rings (SSSR count). The number of hydrogen-bond donors (Lipinski definition) is 2. The molecule has 0 saturated carbocycles. The van der Waals surface area contributed by atoms with Gasteiger partial charge < -0.3 is 15.4 Å². The minimum absolute atomic E-state index is 0. The van der Waals surface area contributed by atoms with Crippen LogP contribution in [0, 0.1) is 18.8 Å². The molecule has 2 fully saturated rings. The van der Waals surface area contributed by atoms with Gasteiger partial charge in [-0.15, -0.1) is 12.4 Å². The Morgan fingerprint density at radius 1 is 1.30 bits per heavy atom. The fourth-order valence-corrected chi connectivity index (χ4v) is 3.21. The summed E-state index contributed by atoms with van der Waals surface area (Å²) in [5.74, 6) is 0.711. The van der Waals surface area contributed by atoms with E-state index >= 15 is 0 Å². The van der Waals surface area contributed by atoms with E-state index in [-0.39, 0.29) is 36.4 Å². The highest BCUT2D eigenvalue weighted by atomic mass is 35.5. The van der Waals surface area contributed by atoms with Crippen LogP contribution < -0.4 is 10.6 Å². The van der Waals surface area contributed by atoms with Gasteiger partial charge in [-0.3, -0.25) is 4.79 Å². The van der Waals surface area contributed by atoms with Gasteiger partial charge in [0.2, 0.25) is 5.91 Å². The Labute approximate surface area is 144 Å². The van der Waals surface area contributed by atoms with Crippen LogP contribution in [0.15, 0.2) is 24.3 Å². The number of ether oxygens (including phenoxy) is 1. The Balaban J connectivity index is 0.00000192. The molecule has 23 heavy (non-hydrogen) atoms. The summed E-state index contributed by atoms with van der Waals surface area (Å²) in [5, 5.41) is 6.48. The molecule has 1 aromatic rings. The first-order chi connectivity index (χ1) is 10.6. The van der Waals surface area contributed by atoms with Crippen LogP contribution in [-0.4, -0.2) is 31.6 Å². The van der Waals surface area contributed by atoms with Crippen molar-refractivity contribution in [2.75, 3.05) is 19.7 Å². The van der Waals surface area contributed by atoms with Crippen LogP contribution in [0.3, 0.4) is 0 Å². The number of amides is 1. The molecule has 0 bridgehead atoms. The number of hydrogen-bond acceptors (Lipinski definition) is 3. The van der Waals surface area contributed by atoms with Gasteiger partial charge in [-0.05, 0) is 44.3 Å². The van der Waals surface area contributed by atoms with Crippen molar-refractivity contribution in [3.05, 3.63) is 35.4 Å². The predicted octanol–water partition coefficient (Wildman–Crippen LogP) is 2.61. The van der Waals surface area contributed by atoms with Gasteiger partial charge in [0.15, 0.2) is 0 Å². The Morgan fingerprint density at radius 2 is 2.00 bits per heavy atom. The molecule has 2 heterocycles. The molecule has 1 amide bonds. The van der Waals surface area contributed by atoms with Crippen LogP contribution in [0.1, 0.15) is 37.0 Å². The first-order valence-electron chi connectivity index (χ1n) is 8.34. The van der Waals surface area contributed by atoms with Gasteiger partial charge in [-0.1, -0.05) is 36.8 Å². The Hall–Kier alpha value is -1.10. The standard InChI is InChI=1S/C18H26N2O2.ClH/c1-12-5-7-14(8-6-12)17-16(4-3-9-22-17)20-18(21)13(2)15-10-19-11-15;/h5-8,13,15-17,19H,3-4,9-11H2,1-2H3,(H,20,21);1H. The van der Waals surface area contributed by atoms with Crippen LogP contribution >= 0.6 is 12.4 Å². The highest BCUT2D eigenvalue weighted by molar-refractivity contribution is 5.85. The molecule has 0 spiro atoms. The normalized spacial score (nSPS) is 25.8. The van der Waals surface area contributed by atoms with E-state index in [1.165, 1.54) is 5.56 Å². The highest BCUT2D eigenvalue weighted by Gasteiger charge is 2.33. The van der Waals surface area contributed by atoms with Gasteiger partial charge in [0.25, 0.3) is 0 Å². The quantitative estimate of drug-likeness (QED) is 0.887. The molecule has 2 N–H and O–H groups in total. The molecule has 2 aliphatic rings. The maximum Gasteiger partial charge on any atom is 0.223 e. The summed E-state index contributed by atoms with van der Waals surface area (Å²) in [6.45, 7) is 6.80. The van der Waals surface area contributed by atoms with Crippen molar-refractivity contribution in [3.63, 3.8) is 0 Å². The lowest BCUT2D eigenvalue weighted by Gasteiger charge is -2.36. The fourth-order valence-electron chi connectivity index (χ4n) is 3.21. The van der Waals surface area contributed by atoms with Crippen molar-refractivity contribution in [2.24, 2.45) is 11.8 Å². The van der Waals surface area contributed by atoms with Gasteiger partial charge in [-0.2, -0.15) is 0 Å². The zero-order valence-corrected chi connectivity index (χ0v) is 14.7. The summed E-state index contributed by atoms with van der Waals surface area (Å²) >= 11 is 0. The summed E-state index contributed by atoms with van der Waals surface area (Å²) < 4.78 is 5.97. The molecule has 2 saturated heterocycles. The monoisotopic (exact) mass is 338 g/mol. The van der Waals surface area contributed by atoms with Crippen molar-refractivity contribution in [1.82, 2.24) is 10.6 Å². The van der Waals surface area contributed by atoms with Gasteiger partial charge in [-0.25, -0.2) is 0 Å². The van der Waals surface area contributed by atoms with Crippen molar-refractivity contribution in [3.8, 4) is 0 Å². The maximum atomic E-state index is 12.5. The third kappa shape index (κ3) is 4.25. The second kappa shape index (κ2) is 8.13. The molecule has 0 aromatic heterocycles. The number of halogens is 1. The van der Waals surface area contributed by atoms with Crippen LogP contribution in [0.25, 0.3) is 0 Å². The second-order valence-corrected chi connectivity index (χ2v) is 6.67. The molecule has 1 aromatic carbocycles. The lowest BCUT2D eigenvalue weighted by molar-refractivity contribution is -0.129. The fraction of sp³-hybridized carbons (Fsp3) is 0.611. The van der Waals surface area contributed by atoms with E-state index < -0.39 is 0 Å². The van der Waals surface area contributed by atoms with Crippen LogP contribution in [-0.2, 0) is 9.53 Å². The molecule has 0 aliphatic carbocycles. The van der Waals surface area contributed by atoms with Crippen LogP contribution in [0.2, 0.25) is 0 Å². The number of nitrogens with one attached hydrogen (secondary N) is 2. The summed E-state index contributed by atoms with van der Waals surface area (Å²) in [7, 11) is 0. The molecular formula is C18H27ClN2O2. The van der Waals surface area contributed by atoms with E-state index in [4.69, 9.17) is 4.74 Å². The van der Waals surface area contributed by atoms with Crippen LogP contribution in [0.5, 0.6) is 0 Å². The molecule has 4 nitrogen and oxygen atoms in total. The van der Waals surface area contributed by atoms with Crippen molar-refractivity contribution < 1.29 is 9.53 Å². The van der Waals surface area contributed by atoms with E-state index in [1.807, 2.05) is 6.92 Å². The van der Waals surface area contributed by atoms with Crippen molar-refractivity contribution >= 4 is 18.3 Å². The van der Waals surface area contributed by atoms with E-state index in [1.54, 1.807) is 0 Å². The first kappa shape index (κ1) is 18.2. The SMILES string of the molecule is Cc1ccc(C2OCCCC2NC(=O)C(C)C2CNC2)cc1.Cl. The third-order valence-corrected chi connectivity index (χ3v) is 4.99. The summed E-state index contributed by atoms with van der Waals surface area (Å²) in [4.78, 5) is 12.5. The average molecular weight is 339 g/mol. The molecule has 3 atom stereocenters. The van der Waals surface area contributed by atoms with E-state index in [9.17, 15) is 4.79 Å². The number of benzene rings is 1. The number of carbonyl (C=O) groups excluding carboxylic acids is 1. The minimum atomic E-state index is -0.0231. The largest absolute Gasteiger partial charge is 0.371 e. The minimum Gasteiger partial charge on any atom is -0.371 e. The average Bonchev–Trinajstić information content (AvgIpc) is 2.47. The molecule has 3 unspecified atom stereocenters. The molecule has 128 valence electrons. The Morgan fingerprint density at radius 3 is 2.61 bits per heavy atom. The molecular weight excluding hydrogens is 312 g/mol. The number of rotatable bonds is 4. The zero-order valence-electron chi connectivity index (χ0n) is 13.9.